The van der Waals surface area contributed by atoms with E-state index >= 15 is 0 Å². The average molecular weight is 272 g/mol. The fraction of sp³-hybridized carbons (Fsp3) is 0.923. The van der Waals surface area contributed by atoms with Crippen LogP contribution in [0, 0.1) is 5.92 Å². The lowest BCUT2D eigenvalue weighted by Crippen LogP contribution is -2.46. The molecule has 1 amide bonds. The van der Waals surface area contributed by atoms with Crippen LogP contribution < -0.4 is 5.32 Å². The van der Waals surface area contributed by atoms with Crippen molar-refractivity contribution >= 4 is 16.7 Å². The Labute approximate surface area is 112 Å². The molecule has 1 saturated carbocycles. The van der Waals surface area contributed by atoms with Gasteiger partial charge < -0.3 is 4.90 Å². The number of rotatable bonds is 5. The van der Waals surface area contributed by atoms with Crippen molar-refractivity contribution in [2.24, 2.45) is 5.92 Å². The lowest BCUT2D eigenvalue weighted by Gasteiger charge is -2.30. The number of nitrogens with one attached hydrogen (secondary N) is 1. The molecule has 1 spiro atoms. The van der Waals surface area contributed by atoms with Gasteiger partial charge in [-0.05, 0) is 32.1 Å². The number of hydrogen-bond acceptors (Lipinski definition) is 3. The Bertz CT molecular complexity index is 366. The zero-order valence-electron chi connectivity index (χ0n) is 11.7. The van der Waals surface area contributed by atoms with Crippen molar-refractivity contribution < 1.29 is 9.00 Å². The van der Waals surface area contributed by atoms with E-state index in [1.54, 1.807) is 6.26 Å². The molecule has 1 heterocycles. The molecule has 0 aromatic heterocycles. The maximum Gasteiger partial charge on any atom is 0.244 e. The number of hydrogen-bond donors (Lipinski definition) is 1. The third-order valence-electron chi connectivity index (χ3n) is 3.82. The van der Waals surface area contributed by atoms with Crippen molar-refractivity contribution in [3.8, 4) is 0 Å². The number of carbonyl (C=O) groups excluding carboxylic acids is 1. The summed E-state index contributed by atoms with van der Waals surface area (Å²) in [5.41, 5.74) is -0.261. The van der Waals surface area contributed by atoms with Crippen LogP contribution >= 0.6 is 0 Å². The Morgan fingerprint density at radius 2 is 2.06 bits per heavy atom. The Balaban J connectivity index is 2.12. The van der Waals surface area contributed by atoms with Gasteiger partial charge in [0, 0.05) is 28.9 Å². The highest BCUT2D eigenvalue weighted by molar-refractivity contribution is 7.84. The molecule has 0 radical (unpaired) electrons. The molecular formula is C13H24N2O2S. The minimum atomic E-state index is -0.860. The predicted octanol–water partition coefficient (Wildman–Crippen LogP) is 1.09. The van der Waals surface area contributed by atoms with E-state index in [2.05, 4.69) is 19.2 Å². The molecule has 3 unspecified atom stereocenters. The van der Waals surface area contributed by atoms with Crippen LogP contribution in [0.2, 0.25) is 0 Å². The molecule has 0 bridgehead atoms. The molecule has 4 nitrogen and oxygen atoms in total. The smallest absolute Gasteiger partial charge is 0.244 e. The second-order valence-electron chi connectivity index (χ2n) is 6.17. The van der Waals surface area contributed by atoms with Crippen molar-refractivity contribution in [2.75, 3.05) is 12.0 Å². The summed E-state index contributed by atoms with van der Waals surface area (Å²) in [5, 5.41) is 3.50. The average Bonchev–Trinajstić information content (AvgIpc) is 2.90. The minimum Gasteiger partial charge on any atom is -0.322 e. The predicted molar refractivity (Wildman–Crippen MR) is 73.6 cm³/mol. The molecule has 1 N–H and O–H groups in total. The molecule has 0 aromatic rings. The van der Waals surface area contributed by atoms with Gasteiger partial charge in [-0.3, -0.25) is 14.3 Å². The first-order chi connectivity index (χ1) is 8.35. The van der Waals surface area contributed by atoms with Crippen molar-refractivity contribution in [1.29, 1.82) is 0 Å². The third kappa shape index (κ3) is 2.62. The van der Waals surface area contributed by atoms with Crippen LogP contribution in [-0.4, -0.2) is 44.8 Å². The van der Waals surface area contributed by atoms with Gasteiger partial charge in [-0.1, -0.05) is 13.8 Å². The maximum atomic E-state index is 12.5. The van der Waals surface area contributed by atoms with Crippen LogP contribution in [0.1, 0.15) is 40.0 Å². The Morgan fingerprint density at radius 3 is 2.50 bits per heavy atom. The van der Waals surface area contributed by atoms with Crippen molar-refractivity contribution in [1.82, 2.24) is 10.2 Å². The summed E-state index contributed by atoms with van der Waals surface area (Å²) >= 11 is 0. The summed E-state index contributed by atoms with van der Waals surface area (Å²) in [7, 11) is -0.860. The molecular weight excluding hydrogens is 248 g/mol. The molecule has 2 rings (SSSR count). The van der Waals surface area contributed by atoms with E-state index in [1.165, 1.54) is 0 Å². The molecule has 3 atom stereocenters. The topological polar surface area (TPSA) is 49.4 Å². The van der Waals surface area contributed by atoms with Gasteiger partial charge in [0.25, 0.3) is 0 Å². The lowest BCUT2D eigenvalue weighted by molar-refractivity contribution is -0.132. The van der Waals surface area contributed by atoms with E-state index in [4.69, 9.17) is 0 Å². The quantitative estimate of drug-likeness (QED) is 0.815. The summed E-state index contributed by atoms with van der Waals surface area (Å²) in [6.07, 6.45) is 4.71. The Morgan fingerprint density at radius 1 is 1.44 bits per heavy atom. The molecule has 18 heavy (non-hydrogen) atoms. The van der Waals surface area contributed by atoms with Gasteiger partial charge in [0.15, 0.2) is 0 Å². The van der Waals surface area contributed by atoms with Gasteiger partial charge in [-0.2, -0.15) is 0 Å². The molecule has 0 aromatic carbocycles. The second-order valence-corrected chi connectivity index (χ2v) is 7.65. The summed E-state index contributed by atoms with van der Waals surface area (Å²) < 4.78 is 11.4. The highest BCUT2D eigenvalue weighted by atomic mass is 32.2. The van der Waals surface area contributed by atoms with E-state index in [0.29, 0.717) is 11.7 Å². The molecule has 5 heteroatoms. The first-order valence-corrected chi connectivity index (χ1v) is 8.49. The SMILES string of the molecule is CC(C)CC1NC2(CC2)C(=O)N1C(C)CS(C)=O. The summed E-state index contributed by atoms with van der Waals surface area (Å²) in [5.74, 6) is 1.34. The number of amides is 1. The van der Waals surface area contributed by atoms with E-state index in [1.807, 2.05) is 11.8 Å². The largest absolute Gasteiger partial charge is 0.322 e. The Hall–Kier alpha value is -0.420. The lowest BCUT2D eigenvalue weighted by atomic mass is 10.1. The van der Waals surface area contributed by atoms with Crippen LogP contribution in [0.5, 0.6) is 0 Å². The molecule has 1 aliphatic heterocycles. The van der Waals surface area contributed by atoms with E-state index < -0.39 is 10.8 Å². The number of carbonyl (C=O) groups is 1. The van der Waals surface area contributed by atoms with E-state index in [-0.39, 0.29) is 23.7 Å². The summed E-state index contributed by atoms with van der Waals surface area (Å²) in [6, 6.07) is 0.0551. The fourth-order valence-corrected chi connectivity index (χ4v) is 3.71. The van der Waals surface area contributed by atoms with Gasteiger partial charge in [0.05, 0.1) is 11.7 Å². The zero-order chi connectivity index (χ0) is 13.5. The fourth-order valence-electron chi connectivity index (χ4n) is 2.87. The number of nitrogens with zero attached hydrogens (tertiary/aromatic N) is 1. The van der Waals surface area contributed by atoms with E-state index in [9.17, 15) is 9.00 Å². The molecule has 1 aliphatic carbocycles. The van der Waals surface area contributed by atoms with Crippen LogP contribution in [-0.2, 0) is 15.6 Å². The van der Waals surface area contributed by atoms with Crippen LogP contribution in [0.15, 0.2) is 0 Å². The standard InChI is InChI=1S/C13H24N2O2S/c1-9(2)7-11-14-13(5-6-13)12(16)15(11)10(3)8-18(4)17/h9-11,14H,5-8H2,1-4H3. The Kier molecular flexibility index (Phi) is 3.83. The molecule has 1 saturated heterocycles. The zero-order valence-corrected chi connectivity index (χ0v) is 12.5. The molecule has 2 fully saturated rings. The minimum absolute atomic E-state index is 0.0551. The molecule has 2 aliphatic rings. The monoisotopic (exact) mass is 272 g/mol. The van der Waals surface area contributed by atoms with Crippen molar-refractivity contribution in [3.05, 3.63) is 0 Å². The van der Waals surface area contributed by atoms with Crippen molar-refractivity contribution in [2.45, 2.75) is 57.8 Å². The van der Waals surface area contributed by atoms with Gasteiger partial charge in [0.1, 0.15) is 0 Å². The van der Waals surface area contributed by atoms with Gasteiger partial charge >= 0.3 is 0 Å². The van der Waals surface area contributed by atoms with Gasteiger partial charge in [0.2, 0.25) is 5.91 Å². The second kappa shape index (κ2) is 4.93. The third-order valence-corrected chi connectivity index (χ3v) is 4.77. The first kappa shape index (κ1) is 14.0. The van der Waals surface area contributed by atoms with E-state index in [0.717, 1.165) is 19.3 Å². The molecule has 104 valence electrons. The normalized spacial score (nSPS) is 29.1. The maximum absolute atomic E-state index is 12.5. The van der Waals surface area contributed by atoms with Crippen LogP contribution in [0.3, 0.4) is 0 Å². The highest BCUT2D eigenvalue weighted by Gasteiger charge is 2.59. The summed E-state index contributed by atoms with van der Waals surface area (Å²) in [6.45, 7) is 6.35. The highest BCUT2D eigenvalue weighted by Crippen LogP contribution is 2.43. The van der Waals surface area contributed by atoms with Gasteiger partial charge in [-0.15, -0.1) is 0 Å². The van der Waals surface area contributed by atoms with Crippen LogP contribution in [0.4, 0.5) is 0 Å². The van der Waals surface area contributed by atoms with Crippen LogP contribution in [0.25, 0.3) is 0 Å². The summed E-state index contributed by atoms with van der Waals surface area (Å²) in [4.78, 5) is 14.4. The van der Waals surface area contributed by atoms with Crippen molar-refractivity contribution in [3.63, 3.8) is 0 Å². The van der Waals surface area contributed by atoms with Gasteiger partial charge in [-0.25, -0.2) is 0 Å². The first-order valence-electron chi connectivity index (χ1n) is 6.76.